The third kappa shape index (κ3) is 3.57. The van der Waals surface area contributed by atoms with Crippen molar-refractivity contribution in [3.05, 3.63) is 65.3 Å². The lowest BCUT2D eigenvalue weighted by atomic mass is 10.3. The van der Waals surface area contributed by atoms with Gasteiger partial charge in [-0.2, -0.15) is 10.2 Å². The summed E-state index contributed by atoms with van der Waals surface area (Å²) in [6, 6.07) is 8.05. The highest BCUT2D eigenvalue weighted by molar-refractivity contribution is 6.30. The van der Waals surface area contributed by atoms with E-state index in [0.29, 0.717) is 23.7 Å². The van der Waals surface area contributed by atoms with Gasteiger partial charge in [-0.05, 0) is 24.3 Å². The molecular formula is C16H15ClFN6+. The van der Waals surface area contributed by atoms with Crippen LogP contribution >= 0.6 is 11.6 Å². The van der Waals surface area contributed by atoms with Gasteiger partial charge in [-0.3, -0.25) is 0 Å². The molecule has 0 fully saturated rings. The maximum absolute atomic E-state index is 13.1. The van der Waals surface area contributed by atoms with Crippen molar-refractivity contribution < 1.29 is 8.96 Å². The van der Waals surface area contributed by atoms with E-state index in [-0.39, 0.29) is 5.02 Å². The minimum absolute atomic E-state index is 0.00735. The predicted octanol–water partition coefficient (Wildman–Crippen LogP) is 3.55. The molecule has 0 aliphatic heterocycles. The van der Waals surface area contributed by atoms with Crippen LogP contribution in [0.1, 0.15) is 5.56 Å². The van der Waals surface area contributed by atoms with Crippen LogP contribution in [0.4, 0.5) is 21.6 Å². The Hall–Kier alpha value is -2.80. The first-order chi connectivity index (χ1) is 11.5. The van der Waals surface area contributed by atoms with Crippen molar-refractivity contribution in [1.29, 1.82) is 0 Å². The van der Waals surface area contributed by atoms with Gasteiger partial charge in [0.2, 0.25) is 0 Å². The van der Waals surface area contributed by atoms with E-state index in [4.69, 9.17) is 17.3 Å². The average molecular weight is 346 g/mol. The molecule has 0 bridgehead atoms. The molecule has 0 spiro atoms. The second-order valence-corrected chi connectivity index (χ2v) is 5.66. The number of nitrogens with zero attached hydrogens (tertiary/aromatic N) is 5. The number of halogens is 2. The minimum atomic E-state index is -0.501. The molecular weight excluding hydrogens is 331 g/mol. The maximum atomic E-state index is 13.1. The van der Waals surface area contributed by atoms with Crippen molar-refractivity contribution in [2.24, 2.45) is 17.3 Å². The van der Waals surface area contributed by atoms with Gasteiger partial charge in [0.15, 0.2) is 12.4 Å². The predicted molar refractivity (Wildman–Crippen MR) is 88.9 cm³/mol. The van der Waals surface area contributed by atoms with E-state index in [2.05, 4.69) is 15.3 Å². The van der Waals surface area contributed by atoms with Crippen molar-refractivity contribution in [2.45, 2.75) is 6.54 Å². The van der Waals surface area contributed by atoms with Gasteiger partial charge in [0, 0.05) is 11.6 Å². The summed E-state index contributed by atoms with van der Waals surface area (Å²) in [6.07, 6.45) is 5.47. The van der Waals surface area contributed by atoms with Crippen molar-refractivity contribution in [3.63, 3.8) is 0 Å². The van der Waals surface area contributed by atoms with Crippen molar-refractivity contribution in [2.75, 3.05) is 5.73 Å². The Morgan fingerprint density at radius 3 is 2.92 bits per heavy atom. The highest BCUT2D eigenvalue weighted by Gasteiger charge is 2.09. The number of anilines is 1. The number of aryl methyl sites for hydroxylation is 1. The van der Waals surface area contributed by atoms with Crippen LogP contribution in [0.5, 0.6) is 0 Å². The Morgan fingerprint density at radius 1 is 1.33 bits per heavy atom. The molecule has 8 heteroatoms. The van der Waals surface area contributed by atoms with Gasteiger partial charge in [-0.1, -0.05) is 11.6 Å². The number of nitrogen functional groups attached to an aromatic ring is 1. The number of rotatable bonds is 4. The van der Waals surface area contributed by atoms with Crippen LogP contribution in [-0.4, -0.2) is 9.78 Å². The van der Waals surface area contributed by atoms with E-state index in [9.17, 15) is 4.39 Å². The van der Waals surface area contributed by atoms with Gasteiger partial charge in [0.25, 0.3) is 0 Å². The first kappa shape index (κ1) is 16.1. The maximum Gasteiger partial charge on any atom is 0.173 e. The summed E-state index contributed by atoms with van der Waals surface area (Å²) in [7, 11) is 1.95. The summed E-state index contributed by atoms with van der Waals surface area (Å²) in [6.45, 7) is 0.526. The monoisotopic (exact) mass is 345 g/mol. The van der Waals surface area contributed by atoms with Crippen LogP contribution in [0, 0.1) is 5.82 Å². The Morgan fingerprint density at radius 2 is 2.17 bits per heavy atom. The summed E-state index contributed by atoms with van der Waals surface area (Å²) in [5.74, 6) is -0.0996. The highest BCUT2D eigenvalue weighted by Crippen LogP contribution is 2.26. The SMILES string of the molecule is C[n+]1cccc(Cn2ncc(N=Nc3ccc(F)c(Cl)c3)c2N)c1. The standard InChI is InChI=1S/C16H15ClFN6/c1-23-6-2-3-11(9-23)10-24-16(19)15(8-20-24)22-21-12-4-5-14(18)13(17)7-12/h2-9H,10,19H2,1H3/q+1. The van der Waals surface area contributed by atoms with Gasteiger partial charge in [0.05, 0.1) is 23.5 Å². The summed E-state index contributed by atoms with van der Waals surface area (Å²) in [5.41, 5.74) is 7.99. The molecule has 2 aromatic heterocycles. The molecule has 0 saturated carbocycles. The molecule has 0 radical (unpaired) electrons. The van der Waals surface area contributed by atoms with Crippen LogP contribution in [0.25, 0.3) is 0 Å². The number of azo groups is 1. The summed E-state index contributed by atoms with van der Waals surface area (Å²) < 4.78 is 16.7. The zero-order valence-electron chi connectivity index (χ0n) is 12.9. The van der Waals surface area contributed by atoms with Crippen LogP contribution in [-0.2, 0) is 13.6 Å². The lowest BCUT2D eigenvalue weighted by Crippen LogP contribution is -2.27. The second-order valence-electron chi connectivity index (χ2n) is 5.25. The van der Waals surface area contributed by atoms with Crippen molar-refractivity contribution in [3.8, 4) is 0 Å². The van der Waals surface area contributed by atoms with Crippen LogP contribution < -0.4 is 10.3 Å². The second kappa shape index (κ2) is 6.76. The summed E-state index contributed by atoms with van der Waals surface area (Å²) >= 11 is 5.71. The van der Waals surface area contributed by atoms with E-state index < -0.39 is 5.82 Å². The molecule has 3 aromatic rings. The number of hydrogen-bond acceptors (Lipinski definition) is 4. The molecule has 2 N–H and O–H groups in total. The molecule has 0 atom stereocenters. The van der Waals surface area contributed by atoms with E-state index >= 15 is 0 Å². The Balaban J connectivity index is 1.79. The average Bonchev–Trinajstić information content (AvgIpc) is 2.89. The van der Waals surface area contributed by atoms with Gasteiger partial charge >= 0.3 is 0 Å². The Kier molecular flexibility index (Phi) is 4.52. The molecule has 0 unspecified atom stereocenters. The third-order valence-electron chi connectivity index (χ3n) is 3.37. The van der Waals surface area contributed by atoms with E-state index in [1.165, 1.54) is 24.4 Å². The first-order valence-corrected chi connectivity index (χ1v) is 7.53. The number of pyridine rings is 1. The van der Waals surface area contributed by atoms with Crippen molar-refractivity contribution >= 4 is 28.8 Å². The zero-order valence-corrected chi connectivity index (χ0v) is 13.7. The molecule has 3 rings (SSSR count). The van der Waals surface area contributed by atoms with E-state index in [1.54, 1.807) is 4.68 Å². The van der Waals surface area contributed by atoms with Crippen molar-refractivity contribution in [1.82, 2.24) is 9.78 Å². The summed E-state index contributed by atoms with van der Waals surface area (Å²) in [4.78, 5) is 0. The molecule has 0 aliphatic rings. The zero-order chi connectivity index (χ0) is 17.1. The quantitative estimate of drug-likeness (QED) is 0.580. The number of benzene rings is 1. The lowest BCUT2D eigenvalue weighted by molar-refractivity contribution is -0.671. The molecule has 2 heterocycles. The normalized spacial score (nSPS) is 11.3. The summed E-state index contributed by atoms with van der Waals surface area (Å²) in [5, 5.41) is 12.3. The Labute approximate surface area is 143 Å². The number of nitrogens with two attached hydrogens (primary N) is 1. The van der Waals surface area contributed by atoms with E-state index in [1.807, 2.05) is 36.1 Å². The van der Waals surface area contributed by atoms with Gasteiger partial charge in [-0.15, -0.1) is 5.11 Å². The minimum Gasteiger partial charge on any atom is -0.382 e. The fraction of sp³-hybridized carbons (Fsp3) is 0.125. The number of hydrogen-bond donors (Lipinski definition) is 1. The van der Waals surface area contributed by atoms with Gasteiger partial charge in [-0.25, -0.2) is 13.6 Å². The highest BCUT2D eigenvalue weighted by atomic mass is 35.5. The molecule has 122 valence electrons. The topological polar surface area (TPSA) is 72.4 Å². The molecule has 24 heavy (non-hydrogen) atoms. The number of aromatic nitrogens is 3. The molecule has 6 nitrogen and oxygen atoms in total. The fourth-order valence-corrected chi connectivity index (χ4v) is 2.34. The van der Waals surface area contributed by atoms with Gasteiger partial charge in [0.1, 0.15) is 24.4 Å². The molecule has 0 amide bonds. The smallest absolute Gasteiger partial charge is 0.173 e. The lowest BCUT2D eigenvalue weighted by Gasteiger charge is -2.03. The Bertz CT molecular complexity index is 905. The fourth-order valence-electron chi connectivity index (χ4n) is 2.16. The van der Waals surface area contributed by atoms with Crippen LogP contribution in [0.3, 0.4) is 0 Å². The third-order valence-corrected chi connectivity index (χ3v) is 3.66. The molecule has 0 aliphatic carbocycles. The van der Waals surface area contributed by atoms with Gasteiger partial charge < -0.3 is 5.73 Å². The van der Waals surface area contributed by atoms with E-state index in [0.717, 1.165) is 5.56 Å². The largest absolute Gasteiger partial charge is 0.382 e. The van der Waals surface area contributed by atoms with Crippen LogP contribution in [0.2, 0.25) is 5.02 Å². The molecule has 0 saturated heterocycles. The molecule has 1 aromatic carbocycles. The first-order valence-electron chi connectivity index (χ1n) is 7.15. The van der Waals surface area contributed by atoms with Crippen LogP contribution in [0.15, 0.2) is 59.2 Å².